The number of para-hydroxylation sites is 1. The van der Waals surface area contributed by atoms with E-state index in [-0.39, 0.29) is 28.9 Å². The molecule has 2 aromatic heterocycles. The first-order chi connectivity index (χ1) is 21.2. The Balaban J connectivity index is 1.28. The Morgan fingerprint density at radius 3 is 2.61 bits per heavy atom. The summed E-state index contributed by atoms with van der Waals surface area (Å²) in [4.78, 5) is 26.3. The van der Waals surface area contributed by atoms with E-state index >= 15 is 4.39 Å². The van der Waals surface area contributed by atoms with E-state index in [2.05, 4.69) is 20.9 Å². The van der Waals surface area contributed by atoms with E-state index in [0.29, 0.717) is 41.3 Å². The maximum absolute atomic E-state index is 15.6. The predicted molar refractivity (Wildman–Crippen MR) is 165 cm³/mol. The van der Waals surface area contributed by atoms with Crippen LogP contribution in [0, 0.1) is 17.1 Å². The molecular formula is C33H35FN8O2. The fourth-order valence-corrected chi connectivity index (χ4v) is 6.25. The predicted octanol–water partition coefficient (Wildman–Crippen LogP) is 5.32. The molecule has 4 aromatic rings. The van der Waals surface area contributed by atoms with Crippen LogP contribution in [-0.4, -0.2) is 66.7 Å². The van der Waals surface area contributed by atoms with E-state index in [1.807, 2.05) is 32.0 Å². The topological polar surface area (TPSA) is 126 Å². The summed E-state index contributed by atoms with van der Waals surface area (Å²) in [5, 5.41) is 15.2. The molecule has 2 aromatic carbocycles. The summed E-state index contributed by atoms with van der Waals surface area (Å²) in [6.07, 6.45) is 6.92. The Hall–Kier alpha value is -4.82. The van der Waals surface area contributed by atoms with Gasteiger partial charge in [0.15, 0.2) is 5.65 Å². The number of rotatable bonds is 8. The van der Waals surface area contributed by atoms with Crippen LogP contribution >= 0.6 is 0 Å². The van der Waals surface area contributed by atoms with Crippen molar-refractivity contribution in [1.29, 1.82) is 5.26 Å². The zero-order valence-electron chi connectivity index (χ0n) is 24.9. The minimum Gasteiger partial charge on any atom is -0.457 e. The normalized spacial score (nSPS) is 17.7. The van der Waals surface area contributed by atoms with Gasteiger partial charge in [-0.05, 0) is 83.0 Å². The van der Waals surface area contributed by atoms with Crippen LogP contribution in [0.4, 0.5) is 10.2 Å². The molecule has 1 amide bonds. The molecule has 0 bridgehead atoms. The van der Waals surface area contributed by atoms with Crippen LogP contribution in [0.1, 0.15) is 39.5 Å². The van der Waals surface area contributed by atoms with Crippen LogP contribution in [0.2, 0.25) is 0 Å². The van der Waals surface area contributed by atoms with Gasteiger partial charge in [0, 0.05) is 23.7 Å². The van der Waals surface area contributed by atoms with Crippen LogP contribution in [-0.2, 0) is 11.3 Å². The number of hydrogen-bond donors (Lipinski definition) is 1. The highest BCUT2D eigenvalue weighted by atomic mass is 19.1. The van der Waals surface area contributed by atoms with Gasteiger partial charge in [0.25, 0.3) is 5.91 Å². The summed E-state index contributed by atoms with van der Waals surface area (Å²) < 4.78 is 23.0. The molecule has 0 saturated carbocycles. The minimum absolute atomic E-state index is 0.145. The van der Waals surface area contributed by atoms with Crippen molar-refractivity contribution >= 4 is 22.8 Å². The SMILES string of the molecule is CC(C)(/C=C(/C#N)C(=O)N1CCC[C@@H]1Cn1nc(-c2ccc(Oc3ccccc3)cc2F)c2c(N)ncnc21)N1CCCC1. The van der Waals surface area contributed by atoms with Gasteiger partial charge in [0.2, 0.25) is 0 Å². The molecule has 0 unspecified atom stereocenters. The maximum Gasteiger partial charge on any atom is 0.264 e. The molecule has 2 fully saturated rings. The molecule has 2 N–H and O–H groups in total. The molecule has 10 nitrogen and oxygen atoms in total. The van der Waals surface area contributed by atoms with Crippen molar-refractivity contribution in [3.8, 4) is 28.8 Å². The maximum atomic E-state index is 15.6. The minimum atomic E-state index is -0.532. The monoisotopic (exact) mass is 594 g/mol. The average molecular weight is 595 g/mol. The second kappa shape index (κ2) is 12.1. The van der Waals surface area contributed by atoms with Crippen molar-refractivity contribution in [2.24, 2.45) is 0 Å². The fourth-order valence-electron chi connectivity index (χ4n) is 6.25. The number of nitriles is 1. The highest BCUT2D eigenvalue weighted by molar-refractivity contribution is 5.99. The van der Waals surface area contributed by atoms with Crippen molar-refractivity contribution in [1.82, 2.24) is 29.5 Å². The first kappa shape index (κ1) is 29.3. The molecule has 44 heavy (non-hydrogen) atoms. The van der Waals surface area contributed by atoms with Gasteiger partial charge in [-0.1, -0.05) is 18.2 Å². The molecule has 11 heteroatoms. The molecule has 0 spiro atoms. The lowest BCUT2D eigenvalue weighted by Gasteiger charge is -2.33. The molecule has 2 saturated heterocycles. The molecular weight excluding hydrogens is 559 g/mol. The number of carbonyl (C=O) groups is 1. The molecule has 2 aliphatic rings. The molecule has 0 radical (unpaired) electrons. The third-order valence-electron chi connectivity index (χ3n) is 8.52. The van der Waals surface area contributed by atoms with E-state index in [1.165, 1.54) is 12.4 Å². The molecule has 6 rings (SSSR count). The van der Waals surface area contributed by atoms with Crippen molar-refractivity contribution in [3.05, 3.63) is 72.3 Å². The summed E-state index contributed by atoms with van der Waals surface area (Å²) in [7, 11) is 0. The number of benzene rings is 2. The summed E-state index contributed by atoms with van der Waals surface area (Å²) in [5.41, 5.74) is 7.00. The number of aromatic nitrogens is 4. The van der Waals surface area contributed by atoms with Crippen molar-refractivity contribution in [3.63, 3.8) is 0 Å². The zero-order chi connectivity index (χ0) is 30.8. The van der Waals surface area contributed by atoms with Crippen LogP contribution in [0.3, 0.4) is 0 Å². The van der Waals surface area contributed by atoms with Gasteiger partial charge in [-0.2, -0.15) is 10.4 Å². The van der Waals surface area contributed by atoms with Gasteiger partial charge in [0.1, 0.15) is 46.8 Å². The molecule has 0 aliphatic carbocycles. The van der Waals surface area contributed by atoms with Gasteiger partial charge in [0.05, 0.1) is 18.0 Å². The third kappa shape index (κ3) is 5.73. The van der Waals surface area contributed by atoms with E-state index in [9.17, 15) is 10.1 Å². The Bertz CT molecular complexity index is 1750. The van der Waals surface area contributed by atoms with Gasteiger partial charge in [-0.15, -0.1) is 0 Å². The number of nitrogens with two attached hydrogens (primary N) is 1. The van der Waals surface area contributed by atoms with E-state index in [0.717, 1.165) is 38.8 Å². The first-order valence-electron chi connectivity index (χ1n) is 14.9. The lowest BCUT2D eigenvalue weighted by molar-refractivity contribution is -0.127. The largest absolute Gasteiger partial charge is 0.457 e. The Kier molecular flexibility index (Phi) is 8.01. The summed E-state index contributed by atoms with van der Waals surface area (Å²) in [6.45, 7) is 6.84. The van der Waals surface area contributed by atoms with Gasteiger partial charge >= 0.3 is 0 Å². The number of nitrogens with zero attached hydrogens (tertiary/aromatic N) is 7. The highest BCUT2D eigenvalue weighted by Gasteiger charge is 2.35. The summed E-state index contributed by atoms with van der Waals surface area (Å²) in [5.74, 6) is 0.304. The second-order valence-corrected chi connectivity index (χ2v) is 11.9. The Labute approximate surface area is 255 Å². The second-order valence-electron chi connectivity index (χ2n) is 11.9. The number of amides is 1. The first-order valence-corrected chi connectivity index (χ1v) is 14.9. The Morgan fingerprint density at radius 2 is 1.89 bits per heavy atom. The number of anilines is 1. The number of hydrogen-bond acceptors (Lipinski definition) is 8. The van der Waals surface area contributed by atoms with Gasteiger partial charge in [-0.3, -0.25) is 9.69 Å². The number of carbonyl (C=O) groups excluding carboxylic acids is 1. The number of likely N-dealkylation sites (tertiary alicyclic amines) is 2. The Morgan fingerprint density at radius 1 is 1.11 bits per heavy atom. The van der Waals surface area contributed by atoms with Crippen LogP contribution < -0.4 is 10.5 Å². The smallest absolute Gasteiger partial charge is 0.264 e. The van der Waals surface area contributed by atoms with Crippen molar-refractivity contribution in [2.45, 2.75) is 57.7 Å². The van der Waals surface area contributed by atoms with Gasteiger partial charge in [-0.25, -0.2) is 19.0 Å². The standard InChI is InChI=1S/C33H35FN8O2/c1-33(2,40-14-6-7-15-40)18-22(19-35)32(43)41-16-8-9-23(41)20-42-31-28(30(36)37-21-38-31)29(39-42)26-13-12-25(17-27(26)34)44-24-10-4-3-5-11-24/h3-5,10-13,17-18,21,23H,6-9,14-16,20H2,1-2H3,(H2,36,37,38)/b22-18-/t23-/m1/s1. The number of fused-ring (bicyclic) bond motifs is 1. The number of nitrogen functional groups attached to an aromatic ring is 1. The van der Waals surface area contributed by atoms with Crippen molar-refractivity contribution < 1.29 is 13.9 Å². The van der Waals surface area contributed by atoms with Crippen LogP contribution in [0.15, 0.2) is 66.5 Å². The third-order valence-corrected chi connectivity index (χ3v) is 8.52. The molecule has 4 heterocycles. The molecule has 1 atom stereocenters. The van der Waals surface area contributed by atoms with Crippen LogP contribution in [0.5, 0.6) is 11.5 Å². The zero-order valence-corrected chi connectivity index (χ0v) is 24.9. The number of ether oxygens (including phenoxy) is 1. The lowest BCUT2D eigenvalue weighted by Crippen LogP contribution is -2.42. The van der Waals surface area contributed by atoms with E-state index < -0.39 is 11.4 Å². The summed E-state index contributed by atoms with van der Waals surface area (Å²) in [6, 6.07) is 15.7. The number of halogens is 1. The molecule has 2 aliphatic heterocycles. The quantitative estimate of drug-likeness (QED) is 0.215. The lowest BCUT2D eigenvalue weighted by atomic mass is 9.98. The highest BCUT2D eigenvalue weighted by Crippen LogP contribution is 2.35. The van der Waals surface area contributed by atoms with Crippen molar-refractivity contribution in [2.75, 3.05) is 25.4 Å². The fraction of sp³-hybridized carbons (Fsp3) is 0.364. The molecule has 226 valence electrons. The average Bonchev–Trinajstić information content (AvgIpc) is 3.78. The van der Waals surface area contributed by atoms with E-state index in [4.69, 9.17) is 15.6 Å². The summed E-state index contributed by atoms with van der Waals surface area (Å²) >= 11 is 0. The van der Waals surface area contributed by atoms with E-state index in [1.54, 1.807) is 39.9 Å². The van der Waals surface area contributed by atoms with Gasteiger partial charge < -0.3 is 15.4 Å². The van der Waals surface area contributed by atoms with Crippen LogP contribution in [0.25, 0.3) is 22.3 Å².